The van der Waals surface area contributed by atoms with Gasteiger partial charge in [-0.15, -0.1) is 0 Å². The van der Waals surface area contributed by atoms with Gasteiger partial charge in [-0.05, 0) is 37.4 Å². The van der Waals surface area contributed by atoms with Gasteiger partial charge < -0.3 is 15.5 Å². The van der Waals surface area contributed by atoms with Crippen LogP contribution in [-0.2, 0) is 11.3 Å². The van der Waals surface area contributed by atoms with Gasteiger partial charge in [-0.1, -0.05) is 6.92 Å². The third-order valence-corrected chi connectivity index (χ3v) is 2.56. The van der Waals surface area contributed by atoms with E-state index in [1.807, 2.05) is 12.1 Å². The summed E-state index contributed by atoms with van der Waals surface area (Å²) in [7, 11) is 0. The third kappa shape index (κ3) is 4.98. The Labute approximate surface area is 96.2 Å². The van der Waals surface area contributed by atoms with Crippen LogP contribution < -0.4 is 11.1 Å². The fourth-order valence-corrected chi connectivity index (χ4v) is 1.49. The molecule has 1 atom stereocenters. The lowest BCUT2D eigenvalue weighted by Crippen LogP contribution is -2.23. The second kappa shape index (κ2) is 7.06. The quantitative estimate of drug-likeness (QED) is 0.740. The predicted octanol–water partition coefficient (Wildman–Crippen LogP) is 1.66. The fourth-order valence-electron chi connectivity index (χ4n) is 1.49. The topological polar surface area (TPSA) is 68.3 Å². The Kier molecular flexibility index (Phi) is 5.64. The minimum atomic E-state index is 0.0697. The lowest BCUT2D eigenvalue weighted by molar-refractivity contribution is -0.121. The Morgan fingerprint density at radius 3 is 3.00 bits per heavy atom. The molecule has 0 aliphatic heterocycles. The molecule has 0 saturated carbocycles. The third-order valence-electron chi connectivity index (χ3n) is 2.56. The van der Waals surface area contributed by atoms with Crippen molar-refractivity contribution in [3.63, 3.8) is 0 Å². The van der Waals surface area contributed by atoms with Crippen molar-refractivity contribution in [1.82, 2.24) is 5.32 Å². The molecule has 1 amide bonds. The molecule has 0 fully saturated rings. The number of rotatable bonds is 7. The van der Waals surface area contributed by atoms with E-state index in [2.05, 4.69) is 12.2 Å². The van der Waals surface area contributed by atoms with Crippen molar-refractivity contribution in [2.75, 3.05) is 6.54 Å². The van der Waals surface area contributed by atoms with Gasteiger partial charge in [-0.25, -0.2) is 0 Å². The van der Waals surface area contributed by atoms with Crippen molar-refractivity contribution >= 4 is 5.91 Å². The zero-order chi connectivity index (χ0) is 11.8. The first-order valence-electron chi connectivity index (χ1n) is 5.71. The number of nitrogens with two attached hydrogens (primary N) is 1. The lowest BCUT2D eigenvalue weighted by atomic mass is 10.0. The monoisotopic (exact) mass is 224 g/mol. The molecule has 3 N–H and O–H groups in total. The van der Waals surface area contributed by atoms with Crippen molar-refractivity contribution < 1.29 is 9.21 Å². The molecule has 1 aromatic rings. The fraction of sp³-hybridized carbons (Fsp3) is 0.583. The minimum Gasteiger partial charge on any atom is -0.467 e. The van der Waals surface area contributed by atoms with Crippen molar-refractivity contribution in [3.8, 4) is 0 Å². The lowest BCUT2D eigenvalue weighted by Gasteiger charge is -2.09. The van der Waals surface area contributed by atoms with Crippen LogP contribution in [0.4, 0.5) is 0 Å². The maximum absolute atomic E-state index is 11.5. The van der Waals surface area contributed by atoms with E-state index in [4.69, 9.17) is 10.2 Å². The van der Waals surface area contributed by atoms with Gasteiger partial charge in [-0.3, -0.25) is 4.79 Å². The van der Waals surface area contributed by atoms with Crippen LogP contribution in [0, 0.1) is 5.92 Å². The Morgan fingerprint density at radius 1 is 1.56 bits per heavy atom. The number of hydrogen-bond donors (Lipinski definition) is 2. The van der Waals surface area contributed by atoms with E-state index in [1.54, 1.807) is 6.26 Å². The van der Waals surface area contributed by atoms with Gasteiger partial charge >= 0.3 is 0 Å². The maximum atomic E-state index is 11.5. The highest BCUT2D eigenvalue weighted by atomic mass is 16.3. The van der Waals surface area contributed by atoms with E-state index in [9.17, 15) is 4.79 Å². The Bertz CT molecular complexity index is 296. The summed E-state index contributed by atoms with van der Waals surface area (Å²) < 4.78 is 5.12. The van der Waals surface area contributed by atoms with Crippen molar-refractivity contribution in [2.45, 2.75) is 32.7 Å². The van der Waals surface area contributed by atoms with E-state index in [0.717, 1.165) is 18.6 Å². The van der Waals surface area contributed by atoms with Gasteiger partial charge in [-0.2, -0.15) is 0 Å². The summed E-state index contributed by atoms with van der Waals surface area (Å²) >= 11 is 0. The van der Waals surface area contributed by atoms with E-state index in [1.165, 1.54) is 0 Å². The number of amides is 1. The second-order valence-electron chi connectivity index (χ2n) is 4.08. The van der Waals surface area contributed by atoms with Crippen LogP contribution >= 0.6 is 0 Å². The molecular weight excluding hydrogens is 204 g/mol. The van der Waals surface area contributed by atoms with E-state index in [-0.39, 0.29) is 5.91 Å². The van der Waals surface area contributed by atoms with E-state index >= 15 is 0 Å². The summed E-state index contributed by atoms with van der Waals surface area (Å²) in [6.07, 6.45) is 4.03. The molecule has 1 unspecified atom stereocenters. The average molecular weight is 224 g/mol. The van der Waals surface area contributed by atoms with Crippen LogP contribution in [0.1, 0.15) is 31.9 Å². The normalized spacial score (nSPS) is 12.4. The Morgan fingerprint density at radius 2 is 2.38 bits per heavy atom. The standard InChI is InChI=1S/C12H20N2O2/c1-10(6-7-13)4-5-12(15)14-9-11-3-2-8-16-11/h2-3,8,10H,4-7,9,13H2,1H3,(H,14,15). The molecule has 0 aromatic carbocycles. The highest BCUT2D eigenvalue weighted by Crippen LogP contribution is 2.08. The molecule has 4 heteroatoms. The van der Waals surface area contributed by atoms with Crippen molar-refractivity contribution in [1.29, 1.82) is 0 Å². The van der Waals surface area contributed by atoms with Gasteiger partial charge in [0.2, 0.25) is 5.91 Å². The molecule has 0 bridgehead atoms. The van der Waals surface area contributed by atoms with E-state index in [0.29, 0.717) is 25.4 Å². The number of hydrogen-bond acceptors (Lipinski definition) is 3. The van der Waals surface area contributed by atoms with Gasteiger partial charge in [0.05, 0.1) is 12.8 Å². The summed E-state index contributed by atoms with van der Waals surface area (Å²) in [6, 6.07) is 3.65. The molecule has 4 nitrogen and oxygen atoms in total. The second-order valence-corrected chi connectivity index (χ2v) is 4.08. The van der Waals surface area contributed by atoms with Crippen LogP contribution in [-0.4, -0.2) is 12.5 Å². The molecular formula is C12H20N2O2. The highest BCUT2D eigenvalue weighted by Gasteiger charge is 2.06. The maximum Gasteiger partial charge on any atom is 0.220 e. The molecule has 90 valence electrons. The summed E-state index contributed by atoms with van der Waals surface area (Å²) in [5.74, 6) is 1.36. The molecule has 16 heavy (non-hydrogen) atoms. The van der Waals surface area contributed by atoms with Crippen LogP contribution in [0.2, 0.25) is 0 Å². The molecule has 0 radical (unpaired) electrons. The minimum absolute atomic E-state index is 0.0697. The molecule has 0 aliphatic rings. The predicted molar refractivity (Wildman–Crippen MR) is 62.6 cm³/mol. The first-order valence-corrected chi connectivity index (χ1v) is 5.71. The SMILES string of the molecule is CC(CCN)CCC(=O)NCc1ccco1. The van der Waals surface area contributed by atoms with Crippen molar-refractivity contribution in [2.24, 2.45) is 11.7 Å². The van der Waals surface area contributed by atoms with Crippen LogP contribution in [0.15, 0.2) is 22.8 Å². The molecule has 0 aliphatic carbocycles. The molecule has 0 spiro atoms. The molecule has 1 aromatic heterocycles. The number of furan rings is 1. The summed E-state index contributed by atoms with van der Waals surface area (Å²) in [5.41, 5.74) is 5.45. The van der Waals surface area contributed by atoms with Gasteiger partial charge in [0.1, 0.15) is 5.76 Å². The molecule has 1 heterocycles. The average Bonchev–Trinajstić information content (AvgIpc) is 2.77. The summed E-state index contributed by atoms with van der Waals surface area (Å²) in [4.78, 5) is 11.5. The van der Waals surface area contributed by atoms with Crippen molar-refractivity contribution in [3.05, 3.63) is 24.2 Å². The van der Waals surface area contributed by atoms with Crippen LogP contribution in [0.25, 0.3) is 0 Å². The Hall–Kier alpha value is -1.29. The largest absolute Gasteiger partial charge is 0.467 e. The van der Waals surface area contributed by atoms with Gasteiger partial charge in [0.15, 0.2) is 0 Å². The van der Waals surface area contributed by atoms with Gasteiger partial charge in [0, 0.05) is 6.42 Å². The van der Waals surface area contributed by atoms with Crippen LogP contribution in [0.5, 0.6) is 0 Å². The number of carbonyl (C=O) groups excluding carboxylic acids is 1. The summed E-state index contributed by atoms with van der Waals surface area (Å²) in [5, 5.41) is 2.82. The Balaban J connectivity index is 2.11. The van der Waals surface area contributed by atoms with Gasteiger partial charge in [0.25, 0.3) is 0 Å². The number of carbonyl (C=O) groups is 1. The first-order chi connectivity index (χ1) is 7.72. The highest BCUT2D eigenvalue weighted by molar-refractivity contribution is 5.75. The number of nitrogens with one attached hydrogen (secondary N) is 1. The zero-order valence-electron chi connectivity index (χ0n) is 9.74. The smallest absolute Gasteiger partial charge is 0.220 e. The molecule has 0 saturated heterocycles. The van der Waals surface area contributed by atoms with Crippen LogP contribution in [0.3, 0.4) is 0 Å². The first kappa shape index (κ1) is 12.8. The zero-order valence-corrected chi connectivity index (χ0v) is 9.74. The summed E-state index contributed by atoms with van der Waals surface area (Å²) in [6.45, 7) is 3.28. The van der Waals surface area contributed by atoms with E-state index < -0.39 is 0 Å². The molecule has 1 rings (SSSR count).